The van der Waals surface area contributed by atoms with Crippen LogP contribution < -0.4 is 15.3 Å². The highest BCUT2D eigenvalue weighted by Crippen LogP contribution is 2.29. The van der Waals surface area contributed by atoms with Gasteiger partial charge >= 0.3 is 5.69 Å². The van der Waals surface area contributed by atoms with Gasteiger partial charge in [-0.2, -0.15) is 5.10 Å². The normalized spacial score (nSPS) is 19.4. The first kappa shape index (κ1) is 21.0. The molecule has 7 heteroatoms. The molecule has 2 aliphatic rings. The van der Waals surface area contributed by atoms with Crippen molar-refractivity contribution >= 4 is 5.69 Å². The summed E-state index contributed by atoms with van der Waals surface area (Å²) in [5, 5.41) is 7.10. The van der Waals surface area contributed by atoms with Gasteiger partial charge in [0.15, 0.2) is 0 Å². The van der Waals surface area contributed by atoms with Crippen molar-refractivity contribution in [3.8, 4) is 5.75 Å². The molecular weight excluding hydrogens is 378 g/mol. The van der Waals surface area contributed by atoms with Crippen molar-refractivity contribution in [3.63, 3.8) is 0 Å². The Bertz CT molecular complexity index is 845. The maximum absolute atomic E-state index is 12.5. The zero-order valence-electron chi connectivity index (χ0n) is 18.2. The van der Waals surface area contributed by atoms with Gasteiger partial charge in [-0.15, -0.1) is 0 Å². The van der Waals surface area contributed by atoms with E-state index >= 15 is 0 Å². The molecule has 1 N–H and O–H groups in total. The van der Waals surface area contributed by atoms with Crippen molar-refractivity contribution in [2.45, 2.75) is 57.4 Å². The Balaban J connectivity index is 1.33. The number of benzene rings is 1. The minimum Gasteiger partial charge on any atom is -0.495 e. The van der Waals surface area contributed by atoms with Crippen molar-refractivity contribution in [3.05, 3.63) is 40.6 Å². The van der Waals surface area contributed by atoms with Crippen LogP contribution in [0.1, 0.15) is 56.8 Å². The van der Waals surface area contributed by atoms with Crippen LogP contribution >= 0.6 is 0 Å². The van der Waals surface area contributed by atoms with Crippen LogP contribution in [0.15, 0.2) is 29.1 Å². The van der Waals surface area contributed by atoms with Crippen LogP contribution in [0.25, 0.3) is 0 Å². The Labute approximate surface area is 179 Å². The molecule has 0 radical (unpaired) electrons. The molecule has 1 saturated carbocycles. The number of nitrogens with one attached hydrogen (secondary N) is 1. The number of methoxy groups -OCH3 is 1. The third-order valence-electron chi connectivity index (χ3n) is 6.67. The standard InChI is InChI=1S/C23H35N5O2/c1-30-21-12-8-7-11-20(21)27-17-15-26(16-18-27)14-13-22-24-25-23(29)28(22)19-9-5-3-2-4-6-10-19/h7-8,11-12,19H,2-6,9-10,13-18H2,1H3,(H,25,29). The third kappa shape index (κ3) is 4.89. The number of hydrogen-bond acceptors (Lipinski definition) is 5. The van der Waals surface area contributed by atoms with E-state index < -0.39 is 0 Å². The molecule has 1 aromatic heterocycles. The number of hydrogen-bond donors (Lipinski definition) is 1. The lowest BCUT2D eigenvalue weighted by atomic mass is 9.96. The van der Waals surface area contributed by atoms with Crippen molar-refractivity contribution in [1.29, 1.82) is 0 Å². The maximum Gasteiger partial charge on any atom is 0.343 e. The topological polar surface area (TPSA) is 66.4 Å². The van der Waals surface area contributed by atoms with E-state index in [2.05, 4.69) is 32.1 Å². The fourth-order valence-corrected chi connectivity index (χ4v) is 4.94. The molecule has 2 heterocycles. The highest BCUT2D eigenvalue weighted by Gasteiger charge is 2.22. The summed E-state index contributed by atoms with van der Waals surface area (Å²) in [5.41, 5.74) is 1.14. The van der Waals surface area contributed by atoms with Gasteiger partial charge in [0.1, 0.15) is 11.6 Å². The molecule has 30 heavy (non-hydrogen) atoms. The van der Waals surface area contributed by atoms with Crippen LogP contribution in [-0.2, 0) is 6.42 Å². The lowest BCUT2D eigenvalue weighted by molar-refractivity contribution is 0.255. The van der Waals surface area contributed by atoms with Crippen LogP contribution in [0.2, 0.25) is 0 Å². The number of aromatic nitrogens is 3. The molecule has 1 aliphatic heterocycles. The summed E-state index contributed by atoms with van der Waals surface area (Å²) >= 11 is 0. The molecule has 0 atom stereocenters. The summed E-state index contributed by atoms with van der Waals surface area (Å²) in [6, 6.07) is 8.54. The number of H-pyrrole nitrogens is 1. The average molecular weight is 414 g/mol. The Hall–Kier alpha value is -2.28. The second kappa shape index (κ2) is 10.2. The van der Waals surface area contributed by atoms with E-state index in [0.29, 0.717) is 6.04 Å². The van der Waals surface area contributed by atoms with Gasteiger partial charge in [-0.05, 0) is 25.0 Å². The van der Waals surface area contributed by atoms with Gasteiger partial charge in [-0.3, -0.25) is 9.47 Å². The first-order chi connectivity index (χ1) is 14.8. The van der Waals surface area contributed by atoms with E-state index in [9.17, 15) is 4.79 Å². The molecule has 1 aromatic carbocycles. The predicted molar refractivity (Wildman–Crippen MR) is 120 cm³/mol. The number of piperazine rings is 1. The second-order valence-corrected chi connectivity index (χ2v) is 8.56. The quantitative estimate of drug-likeness (QED) is 0.788. The van der Waals surface area contributed by atoms with E-state index in [4.69, 9.17) is 4.74 Å². The van der Waals surface area contributed by atoms with Gasteiger partial charge in [0.2, 0.25) is 0 Å². The predicted octanol–water partition coefficient (Wildman–Crippen LogP) is 3.23. The Kier molecular flexibility index (Phi) is 7.10. The van der Waals surface area contributed by atoms with Gasteiger partial charge in [-0.1, -0.05) is 44.2 Å². The summed E-state index contributed by atoms with van der Waals surface area (Å²) in [5.74, 6) is 1.86. The number of nitrogens with zero attached hydrogens (tertiary/aromatic N) is 4. The highest BCUT2D eigenvalue weighted by atomic mass is 16.5. The molecule has 7 nitrogen and oxygen atoms in total. The van der Waals surface area contributed by atoms with Crippen LogP contribution in [0.4, 0.5) is 5.69 Å². The van der Waals surface area contributed by atoms with E-state index in [0.717, 1.165) is 63.6 Å². The maximum atomic E-state index is 12.5. The molecular formula is C23H35N5O2. The van der Waals surface area contributed by atoms with Crippen LogP contribution in [0, 0.1) is 0 Å². The number of rotatable bonds is 6. The van der Waals surface area contributed by atoms with E-state index in [1.807, 2.05) is 16.7 Å². The Morgan fingerprint density at radius 2 is 1.73 bits per heavy atom. The van der Waals surface area contributed by atoms with Gasteiger partial charge in [-0.25, -0.2) is 9.89 Å². The van der Waals surface area contributed by atoms with Gasteiger partial charge in [0, 0.05) is 45.2 Å². The van der Waals surface area contributed by atoms with Crippen molar-refractivity contribution in [1.82, 2.24) is 19.7 Å². The smallest absolute Gasteiger partial charge is 0.343 e. The monoisotopic (exact) mass is 413 g/mol. The molecule has 2 aromatic rings. The summed E-state index contributed by atoms with van der Waals surface area (Å²) in [4.78, 5) is 17.3. The first-order valence-electron chi connectivity index (χ1n) is 11.5. The van der Waals surface area contributed by atoms with Crippen molar-refractivity contribution in [2.75, 3.05) is 44.7 Å². The fraction of sp³-hybridized carbons (Fsp3) is 0.652. The molecule has 0 spiro atoms. The number of anilines is 1. The van der Waals surface area contributed by atoms with Crippen LogP contribution in [-0.4, -0.2) is 59.5 Å². The van der Waals surface area contributed by atoms with Gasteiger partial charge < -0.3 is 9.64 Å². The van der Waals surface area contributed by atoms with E-state index in [1.165, 1.54) is 37.8 Å². The molecule has 4 rings (SSSR count). The minimum absolute atomic E-state index is 0.0310. The SMILES string of the molecule is COc1ccccc1N1CCN(CCc2n[nH]c(=O)n2C2CCCCCCC2)CC1. The van der Waals surface area contributed by atoms with E-state index in [1.54, 1.807) is 7.11 Å². The molecule has 164 valence electrons. The average Bonchev–Trinajstić information content (AvgIpc) is 3.13. The molecule has 0 amide bonds. The van der Waals surface area contributed by atoms with E-state index in [-0.39, 0.29) is 5.69 Å². The van der Waals surface area contributed by atoms with Gasteiger partial charge in [0.25, 0.3) is 0 Å². The number of ether oxygens (including phenoxy) is 1. The molecule has 0 bridgehead atoms. The van der Waals surface area contributed by atoms with Crippen molar-refractivity contribution < 1.29 is 4.74 Å². The molecule has 1 saturated heterocycles. The zero-order valence-corrected chi connectivity index (χ0v) is 18.2. The minimum atomic E-state index is -0.0310. The summed E-state index contributed by atoms with van der Waals surface area (Å²) < 4.78 is 7.49. The largest absolute Gasteiger partial charge is 0.495 e. The second-order valence-electron chi connectivity index (χ2n) is 8.56. The summed E-state index contributed by atoms with van der Waals surface area (Å²) in [6.45, 7) is 4.93. The zero-order chi connectivity index (χ0) is 20.8. The van der Waals surface area contributed by atoms with Crippen molar-refractivity contribution in [2.24, 2.45) is 0 Å². The lowest BCUT2D eigenvalue weighted by Gasteiger charge is -2.36. The summed E-state index contributed by atoms with van der Waals surface area (Å²) in [6.07, 6.45) is 9.36. The number of aromatic amines is 1. The third-order valence-corrected chi connectivity index (χ3v) is 6.67. The highest BCUT2D eigenvalue weighted by molar-refractivity contribution is 5.58. The Morgan fingerprint density at radius 1 is 1.03 bits per heavy atom. The first-order valence-corrected chi connectivity index (χ1v) is 11.5. The Morgan fingerprint density at radius 3 is 2.47 bits per heavy atom. The fourth-order valence-electron chi connectivity index (χ4n) is 4.94. The molecule has 1 aliphatic carbocycles. The summed E-state index contributed by atoms with van der Waals surface area (Å²) in [7, 11) is 1.73. The molecule has 0 unspecified atom stereocenters. The van der Waals surface area contributed by atoms with Gasteiger partial charge in [0.05, 0.1) is 12.8 Å². The molecule has 2 fully saturated rings. The number of para-hydroxylation sites is 2. The lowest BCUT2D eigenvalue weighted by Crippen LogP contribution is -2.47. The van der Waals surface area contributed by atoms with Crippen LogP contribution in [0.3, 0.4) is 0 Å². The van der Waals surface area contributed by atoms with Crippen LogP contribution in [0.5, 0.6) is 5.75 Å².